The molecular weight excluding hydrogens is 212 g/mol. The van der Waals surface area contributed by atoms with Gasteiger partial charge in [0.25, 0.3) is 0 Å². The lowest BCUT2D eigenvalue weighted by Crippen LogP contribution is -2.21. The van der Waals surface area contributed by atoms with E-state index in [0.717, 1.165) is 51.4 Å². The molecule has 0 N–H and O–H groups in total. The Morgan fingerprint density at radius 2 is 1.47 bits per heavy atom. The molecule has 100 valence electrons. The molecule has 0 radical (unpaired) electrons. The summed E-state index contributed by atoms with van der Waals surface area (Å²) >= 11 is 0. The number of rotatable bonds is 11. The number of Topliss-reactive ketones (excluding diaryl/α,β-unsaturated/α-hetero) is 2. The van der Waals surface area contributed by atoms with E-state index < -0.39 is 0 Å². The van der Waals surface area contributed by atoms with E-state index in [0.29, 0.717) is 6.42 Å². The van der Waals surface area contributed by atoms with Crippen LogP contribution in [0.1, 0.15) is 78.6 Å². The Kier molecular flexibility index (Phi) is 10.1. The third-order valence-electron chi connectivity index (χ3n) is 3.22. The summed E-state index contributed by atoms with van der Waals surface area (Å²) in [4.78, 5) is 23.4. The van der Waals surface area contributed by atoms with Gasteiger partial charge in [-0.3, -0.25) is 9.59 Å². The van der Waals surface area contributed by atoms with Crippen LogP contribution in [0.5, 0.6) is 0 Å². The molecule has 0 bridgehead atoms. The highest BCUT2D eigenvalue weighted by Crippen LogP contribution is 2.13. The van der Waals surface area contributed by atoms with Gasteiger partial charge in [-0.1, -0.05) is 59.3 Å². The molecule has 2 heteroatoms. The Morgan fingerprint density at radius 1 is 0.882 bits per heavy atom. The third-order valence-corrected chi connectivity index (χ3v) is 3.22. The first kappa shape index (κ1) is 16.3. The molecule has 0 fully saturated rings. The third kappa shape index (κ3) is 8.12. The first-order valence-electron chi connectivity index (χ1n) is 7.20. The SMILES string of the molecule is CCCCCCC(=O)C(=O)C(C)CCCCC. The van der Waals surface area contributed by atoms with E-state index in [2.05, 4.69) is 13.8 Å². The Labute approximate surface area is 106 Å². The Morgan fingerprint density at radius 3 is 2.06 bits per heavy atom. The van der Waals surface area contributed by atoms with Crippen LogP contribution in [0.2, 0.25) is 0 Å². The molecule has 0 aromatic carbocycles. The smallest absolute Gasteiger partial charge is 0.201 e. The van der Waals surface area contributed by atoms with Crippen LogP contribution < -0.4 is 0 Å². The topological polar surface area (TPSA) is 34.1 Å². The highest BCUT2D eigenvalue weighted by atomic mass is 16.2. The monoisotopic (exact) mass is 240 g/mol. The fraction of sp³-hybridized carbons (Fsp3) is 0.867. The number of carbonyl (C=O) groups is 2. The van der Waals surface area contributed by atoms with E-state index in [4.69, 9.17) is 0 Å². The molecule has 0 aromatic heterocycles. The van der Waals surface area contributed by atoms with Crippen LogP contribution in [0.15, 0.2) is 0 Å². The van der Waals surface area contributed by atoms with Gasteiger partial charge >= 0.3 is 0 Å². The number of hydrogen-bond acceptors (Lipinski definition) is 2. The molecule has 0 aliphatic carbocycles. The van der Waals surface area contributed by atoms with Crippen LogP contribution in [0.25, 0.3) is 0 Å². The maximum absolute atomic E-state index is 11.8. The van der Waals surface area contributed by atoms with E-state index in [1.807, 2.05) is 6.92 Å². The number of hydrogen-bond donors (Lipinski definition) is 0. The van der Waals surface area contributed by atoms with E-state index in [1.165, 1.54) is 0 Å². The number of carbonyl (C=O) groups excluding carboxylic acids is 2. The van der Waals surface area contributed by atoms with Crippen molar-refractivity contribution in [2.45, 2.75) is 78.6 Å². The van der Waals surface area contributed by atoms with Crippen molar-refractivity contribution in [3.05, 3.63) is 0 Å². The molecule has 1 atom stereocenters. The summed E-state index contributed by atoms with van der Waals surface area (Å²) in [6, 6.07) is 0. The zero-order valence-electron chi connectivity index (χ0n) is 11.8. The summed E-state index contributed by atoms with van der Waals surface area (Å²) in [5, 5.41) is 0. The van der Waals surface area contributed by atoms with Gasteiger partial charge in [0.1, 0.15) is 0 Å². The molecule has 2 nitrogen and oxygen atoms in total. The fourth-order valence-electron chi connectivity index (χ4n) is 1.94. The van der Waals surface area contributed by atoms with Gasteiger partial charge in [0.05, 0.1) is 0 Å². The van der Waals surface area contributed by atoms with Crippen molar-refractivity contribution in [2.75, 3.05) is 0 Å². The van der Waals surface area contributed by atoms with Gasteiger partial charge in [0.2, 0.25) is 5.78 Å². The van der Waals surface area contributed by atoms with Gasteiger partial charge in [-0.2, -0.15) is 0 Å². The number of ketones is 2. The second-order valence-corrected chi connectivity index (χ2v) is 4.99. The highest BCUT2D eigenvalue weighted by Gasteiger charge is 2.19. The van der Waals surface area contributed by atoms with E-state index in [9.17, 15) is 9.59 Å². The second kappa shape index (κ2) is 10.5. The maximum Gasteiger partial charge on any atom is 0.201 e. The summed E-state index contributed by atoms with van der Waals surface area (Å²) in [5.41, 5.74) is 0. The lowest BCUT2D eigenvalue weighted by Gasteiger charge is -2.08. The quantitative estimate of drug-likeness (QED) is 0.398. The van der Waals surface area contributed by atoms with Gasteiger partial charge in [0.15, 0.2) is 5.78 Å². The van der Waals surface area contributed by atoms with Crippen LogP contribution in [-0.4, -0.2) is 11.6 Å². The highest BCUT2D eigenvalue weighted by molar-refractivity contribution is 6.37. The number of unbranched alkanes of at least 4 members (excludes halogenated alkanes) is 5. The lowest BCUT2D eigenvalue weighted by molar-refractivity contribution is -0.138. The Bertz CT molecular complexity index is 221. The van der Waals surface area contributed by atoms with Crippen molar-refractivity contribution in [1.82, 2.24) is 0 Å². The zero-order valence-corrected chi connectivity index (χ0v) is 11.8. The maximum atomic E-state index is 11.8. The molecule has 0 heterocycles. The van der Waals surface area contributed by atoms with E-state index >= 15 is 0 Å². The summed E-state index contributed by atoms with van der Waals surface area (Å²) < 4.78 is 0. The molecule has 0 saturated heterocycles. The van der Waals surface area contributed by atoms with Crippen LogP contribution in [0, 0.1) is 5.92 Å². The van der Waals surface area contributed by atoms with Crippen molar-refractivity contribution in [3.8, 4) is 0 Å². The van der Waals surface area contributed by atoms with E-state index in [-0.39, 0.29) is 17.5 Å². The minimum absolute atomic E-state index is 0.0692. The predicted molar refractivity (Wildman–Crippen MR) is 72.1 cm³/mol. The Balaban J connectivity index is 3.75. The zero-order chi connectivity index (χ0) is 13.1. The van der Waals surface area contributed by atoms with Crippen LogP contribution in [0.4, 0.5) is 0 Å². The molecule has 0 amide bonds. The molecule has 0 rings (SSSR count). The van der Waals surface area contributed by atoms with Crippen molar-refractivity contribution in [1.29, 1.82) is 0 Å². The van der Waals surface area contributed by atoms with Crippen LogP contribution in [-0.2, 0) is 9.59 Å². The molecule has 0 saturated carbocycles. The second-order valence-electron chi connectivity index (χ2n) is 4.99. The average molecular weight is 240 g/mol. The molecule has 1 unspecified atom stereocenters. The normalized spacial score (nSPS) is 12.4. The standard InChI is InChI=1S/C15H28O2/c1-4-6-8-10-12-14(16)15(17)13(3)11-9-7-5-2/h13H,4-12H2,1-3H3. The van der Waals surface area contributed by atoms with Gasteiger partial charge in [0, 0.05) is 12.3 Å². The summed E-state index contributed by atoms with van der Waals surface area (Å²) in [5.74, 6) is -0.358. The van der Waals surface area contributed by atoms with Crippen LogP contribution in [0.3, 0.4) is 0 Å². The summed E-state index contributed by atoms with van der Waals surface area (Å²) in [6.07, 6.45) is 8.97. The van der Waals surface area contributed by atoms with Crippen molar-refractivity contribution < 1.29 is 9.59 Å². The first-order valence-corrected chi connectivity index (χ1v) is 7.20. The van der Waals surface area contributed by atoms with Crippen molar-refractivity contribution in [2.24, 2.45) is 5.92 Å². The predicted octanol–water partition coefficient (Wildman–Crippen LogP) is 4.31. The molecule has 0 aromatic rings. The summed E-state index contributed by atoms with van der Waals surface area (Å²) in [6.45, 7) is 6.18. The van der Waals surface area contributed by atoms with Crippen molar-refractivity contribution in [3.63, 3.8) is 0 Å². The van der Waals surface area contributed by atoms with Gasteiger partial charge in [-0.05, 0) is 12.8 Å². The van der Waals surface area contributed by atoms with Gasteiger partial charge in [-0.15, -0.1) is 0 Å². The minimum Gasteiger partial charge on any atom is -0.291 e. The average Bonchev–Trinajstić information content (AvgIpc) is 2.33. The molecule has 17 heavy (non-hydrogen) atoms. The fourth-order valence-corrected chi connectivity index (χ4v) is 1.94. The largest absolute Gasteiger partial charge is 0.291 e. The lowest BCUT2D eigenvalue weighted by atomic mass is 9.94. The van der Waals surface area contributed by atoms with Crippen LogP contribution >= 0.6 is 0 Å². The Hall–Kier alpha value is -0.660. The van der Waals surface area contributed by atoms with Crippen molar-refractivity contribution >= 4 is 11.6 Å². The molecular formula is C15H28O2. The van der Waals surface area contributed by atoms with E-state index in [1.54, 1.807) is 0 Å². The van der Waals surface area contributed by atoms with Gasteiger partial charge in [-0.25, -0.2) is 0 Å². The molecule has 0 aliphatic heterocycles. The van der Waals surface area contributed by atoms with Gasteiger partial charge < -0.3 is 0 Å². The minimum atomic E-state index is -0.148. The molecule has 0 spiro atoms. The first-order chi connectivity index (χ1) is 8.13. The molecule has 0 aliphatic rings. The summed E-state index contributed by atoms with van der Waals surface area (Å²) in [7, 11) is 0.